The third kappa shape index (κ3) is 4.92. The van der Waals surface area contributed by atoms with Crippen molar-refractivity contribution in [1.82, 2.24) is 9.29 Å². The molecule has 1 heterocycles. The van der Waals surface area contributed by atoms with Crippen molar-refractivity contribution < 1.29 is 22.7 Å². The summed E-state index contributed by atoms with van der Waals surface area (Å²) in [4.78, 5) is 11.7. The summed E-state index contributed by atoms with van der Waals surface area (Å²) in [7, 11) is -2.33. The topological polar surface area (TPSA) is 86.6 Å². The minimum atomic E-state index is -3.69. The molecule has 170 valence electrons. The number of esters is 1. The number of rotatable bonds is 9. The first-order valence-electron chi connectivity index (χ1n) is 10.4. The third-order valence-corrected chi connectivity index (χ3v) is 6.90. The highest BCUT2D eigenvalue weighted by atomic mass is 32.2. The Morgan fingerprint density at radius 1 is 0.939 bits per heavy atom. The zero-order chi connectivity index (χ0) is 23.3. The molecule has 33 heavy (non-hydrogen) atoms. The summed E-state index contributed by atoms with van der Waals surface area (Å²) < 4.78 is 37.9. The number of hydrogen-bond acceptors (Lipinski definition) is 6. The quantitative estimate of drug-likeness (QED) is 0.299. The van der Waals surface area contributed by atoms with Crippen molar-refractivity contribution in [1.29, 1.82) is 0 Å². The first-order valence-corrected chi connectivity index (χ1v) is 11.9. The predicted octanol–water partition coefficient (Wildman–Crippen LogP) is 3.83. The maximum Gasteiger partial charge on any atom is 0.337 e. The standard InChI is InChI=1S/C25H24N2O5S/c1-31-25(28)20-12-10-19(11-13-20)18-26-15-17-32-24-9-5-8-23-22(24)14-16-27(23)33(29,30)21-6-3-2-4-7-21/h2-14,16,26H,15,17-18H2,1H3. The smallest absolute Gasteiger partial charge is 0.337 e. The minimum Gasteiger partial charge on any atom is -0.492 e. The van der Waals surface area contributed by atoms with Crippen molar-refractivity contribution in [3.63, 3.8) is 0 Å². The van der Waals surface area contributed by atoms with Gasteiger partial charge < -0.3 is 14.8 Å². The van der Waals surface area contributed by atoms with Crippen LogP contribution in [0, 0.1) is 0 Å². The van der Waals surface area contributed by atoms with Gasteiger partial charge >= 0.3 is 5.97 Å². The maximum absolute atomic E-state index is 13.0. The van der Waals surface area contributed by atoms with E-state index < -0.39 is 10.0 Å². The summed E-state index contributed by atoms with van der Waals surface area (Å²) in [6.07, 6.45) is 1.55. The largest absolute Gasteiger partial charge is 0.492 e. The van der Waals surface area contributed by atoms with E-state index in [1.807, 2.05) is 18.2 Å². The molecule has 8 heteroatoms. The van der Waals surface area contributed by atoms with E-state index in [-0.39, 0.29) is 10.9 Å². The first kappa shape index (κ1) is 22.6. The van der Waals surface area contributed by atoms with Crippen molar-refractivity contribution in [2.24, 2.45) is 0 Å². The average molecular weight is 465 g/mol. The van der Waals surface area contributed by atoms with Crippen LogP contribution in [0.5, 0.6) is 5.75 Å². The van der Waals surface area contributed by atoms with Gasteiger partial charge in [-0.3, -0.25) is 0 Å². The van der Waals surface area contributed by atoms with Crippen LogP contribution in [0.4, 0.5) is 0 Å². The van der Waals surface area contributed by atoms with Gasteiger partial charge in [0, 0.05) is 24.7 Å². The molecule has 0 atom stereocenters. The molecule has 1 N–H and O–H groups in total. The molecule has 4 aromatic rings. The maximum atomic E-state index is 13.0. The zero-order valence-corrected chi connectivity index (χ0v) is 18.9. The Labute approximate surface area is 192 Å². The average Bonchev–Trinajstić information content (AvgIpc) is 3.30. The fraction of sp³-hybridized carbons (Fsp3) is 0.160. The molecule has 0 aliphatic carbocycles. The highest BCUT2D eigenvalue weighted by Gasteiger charge is 2.19. The minimum absolute atomic E-state index is 0.234. The van der Waals surface area contributed by atoms with E-state index in [0.29, 0.717) is 36.5 Å². The molecular weight excluding hydrogens is 440 g/mol. The summed E-state index contributed by atoms with van der Waals surface area (Å²) in [6.45, 7) is 1.63. The van der Waals surface area contributed by atoms with Gasteiger partial charge in [0.15, 0.2) is 0 Å². The van der Waals surface area contributed by atoms with Crippen LogP contribution in [0.1, 0.15) is 15.9 Å². The molecule has 1 aromatic heterocycles. The number of carbonyl (C=O) groups excluding carboxylic acids is 1. The van der Waals surface area contributed by atoms with Crippen molar-refractivity contribution >= 4 is 26.9 Å². The molecule has 3 aromatic carbocycles. The third-order valence-electron chi connectivity index (χ3n) is 5.20. The summed E-state index contributed by atoms with van der Waals surface area (Å²) in [6, 6.07) is 22.7. The number of nitrogens with one attached hydrogen (secondary N) is 1. The van der Waals surface area contributed by atoms with E-state index >= 15 is 0 Å². The molecule has 0 bridgehead atoms. The summed E-state index contributed by atoms with van der Waals surface area (Å²) in [5, 5.41) is 4.02. The molecule has 0 aliphatic rings. The number of methoxy groups -OCH3 is 1. The number of ether oxygens (including phenoxy) is 2. The van der Waals surface area contributed by atoms with Crippen LogP contribution in [0.3, 0.4) is 0 Å². The van der Waals surface area contributed by atoms with E-state index in [2.05, 4.69) is 5.32 Å². The van der Waals surface area contributed by atoms with E-state index in [9.17, 15) is 13.2 Å². The van der Waals surface area contributed by atoms with E-state index in [0.717, 1.165) is 10.9 Å². The monoisotopic (exact) mass is 464 g/mol. The SMILES string of the molecule is COC(=O)c1ccc(CNCCOc2cccc3c2ccn3S(=O)(=O)c2ccccc2)cc1. The summed E-state index contributed by atoms with van der Waals surface area (Å²) in [5.41, 5.74) is 2.11. The van der Waals surface area contributed by atoms with E-state index in [1.165, 1.54) is 11.1 Å². The van der Waals surface area contributed by atoms with E-state index in [1.54, 1.807) is 66.9 Å². The van der Waals surface area contributed by atoms with Gasteiger partial charge in [0.1, 0.15) is 12.4 Å². The van der Waals surface area contributed by atoms with Gasteiger partial charge in [-0.25, -0.2) is 17.2 Å². The van der Waals surface area contributed by atoms with Crippen LogP contribution in [-0.4, -0.2) is 38.6 Å². The number of fused-ring (bicyclic) bond motifs is 1. The van der Waals surface area contributed by atoms with E-state index in [4.69, 9.17) is 9.47 Å². The highest BCUT2D eigenvalue weighted by molar-refractivity contribution is 7.90. The lowest BCUT2D eigenvalue weighted by Gasteiger charge is -2.11. The van der Waals surface area contributed by atoms with Gasteiger partial charge in [0.05, 0.1) is 23.1 Å². The van der Waals surface area contributed by atoms with Gasteiger partial charge in [-0.15, -0.1) is 0 Å². The number of hydrogen-bond donors (Lipinski definition) is 1. The van der Waals surface area contributed by atoms with Crippen LogP contribution in [-0.2, 0) is 21.3 Å². The molecule has 0 saturated carbocycles. The lowest BCUT2D eigenvalue weighted by molar-refractivity contribution is 0.0600. The van der Waals surface area contributed by atoms with Crippen LogP contribution >= 0.6 is 0 Å². The van der Waals surface area contributed by atoms with Gasteiger partial charge in [-0.2, -0.15) is 0 Å². The Bertz CT molecular complexity index is 1350. The Kier molecular flexibility index (Phi) is 6.76. The molecule has 0 spiro atoms. The molecule has 0 unspecified atom stereocenters. The Morgan fingerprint density at radius 3 is 2.42 bits per heavy atom. The Hall–Kier alpha value is -3.62. The van der Waals surface area contributed by atoms with Gasteiger partial charge in [0.25, 0.3) is 10.0 Å². The fourth-order valence-electron chi connectivity index (χ4n) is 3.50. The van der Waals surface area contributed by atoms with Crippen molar-refractivity contribution in [3.05, 3.63) is 96.2 Å². The molecular formula is C25H24N2O5S. The summed E-state index contributed by atoms with van der Waals surface area (Å²) >= 11 is 0. The molecule has 0 amide bonds. The molecule has 0 saturated heterocycles. The van der Waals surface area contributed by atoms with Crippen molar-refractivity contribution in [2.75, 3.05) is 20.3 Å². The van der Waals surface area contributed by atoms with Crippen LogP contribution in [0.25, 0.3) is 10.9 Å². The summed E-state index contributed by atoms with van der Waals surface area (Å²) in [5.74, 6) is 0.265. The first-order chi connectivity index (χ1) is 16.0. The van der Waals surface area contributed by atoms with Crippen LogP contribution in [0.15, 0.2) is 90.0 Å². The van der Waals surface area contributed by atoms with Gasteiger partial charge in [0.2, 0.25) is 0 Å². The molecule has 0 fully saturated rings. The molecule has 0 aliphatic heterocycles. The zero-order valence-electron chi connectivity index (χ0n) is 18.1. The second-order valence-corrected chi connectivity index (χ2v) is 9.15. The number of benzene rings is 3. The Morgan fingerprint density at radius 2 is 1.70 bits per heavy atom. The Balaban J connectivity index is 1.38. The molecule has 0 radical (unpaired) electrons. The van der Waals surface area contributed by atoms with Crippen LogP contribution < -0.4 is 10.1 Å². The van der Waals surface area contributed by atoms with Crippen LogP contribution in [0.2, 0.25) is 0 Å². The van der Waals surface area contributed by atoms with Gasteiger partial charge in [-0.05, 0) is 48.0 Å². The second-order valence-electron chi connectivity index (χ2n) is 7.33. The number of carbonyl (C=O) groups is 1. The van der Waals surface area contributed by atoms with Crippen molar-refractivity contribution in [3.8, 4) is 5.75 Å². The lowest BCUT2D eigenvalue weighted by Crippen LogP contribution is -2.20. The highest BCUT2D eigenvalue weighted by Crippen LogP contribution is 2.29. The normalized spacial score (nSPS) is 11.4. The molecule has 4 rings (SSSR count). The second kappa shape index (κ2) is 9.89. The lowest BCUT2D eigenvalue weighted by atomic mass is 10.1. The van der Waals surface area contributed by atoms with Crippen molar-refractivity contribution in [2.45, 2.75) is 11.4 Å². The predicted molar refractivity (Wildman–Crippen MR) is 126 cm³/mol. The number of nitrogens with zero attached hydrogens (tertiary/aromatic N) is 1. The van der Waals surface area contributed by atoms with Gasteiger partial charge in [-0.1, -0.05) is 36.4 Å². The number of aromatic nitrogens is 1. The fourth-order valence-corrected chi connectivity index (χ4v) is 4.87. The molecule has 7 nitrogen and oxygen atoms in total.